The fraction of sp³-hybridized carbons (Fsp3) is 0.581. The standard InChI is InChI=1S/C31H45ClF2NO4P/c1-3-5-7-9-12-16-25(17-13-10-8-6-4-2)24-38-31(36)30(22-26-20-27(33)23-28(34)21-26)35-40(32,37)39-29-18-14-11-15-19-29/h11,14-15,18-21,23,25,30H,3-10,12-13,16-17,22,24H2,1-2H3,(H,35,37)/t30-,40?/m0/s1. The predicted molar refractivity (Wildman–Crippen MR) is 159 cm³/mol. The van der Waals surface area contributed by atoms with Crippen molar-refractivity contribution in [2.45, 2.75) is 103 Å². The van der Waals surface area contributed by atoms with E-state index >= 15 is 0 Å². The molecule has 0 heterocycles. The van der Waals surface area contributed by atoms with Gasteiger partial charge in [-0.25, -0.2) is 18.4 Å². The first-order chi connectivity index (χ1) is 19.2. The van der Waals surface area contributed by atoms with Gasteiger partial charge in [0, 0.05) is 17.3 Å². The maximum Gasteiger partial charge on any atom is 0.409 e. The quantitative estimate of drug-likeness (QED) is 0.0879. The second-order valence-corrected chi connectivity index (χ2v) is 13.2. The summed E-state index contributed by atoms with van der Waals surface area (Å²) in [6, 6.07) is 10.1. The molecule has 0 saturated heterocycles. The molecule has 0 saturated carbocycles. The van der Waals surface area contributed by atoms with E-state index in [0.717, 1.165) is 56.7 Å². The summed E-state index contributed by atoms with van der Waals surface area (Å²) in [5.74, 6) is -1.78. The molecule has 0 aliphatic heterocycles. The van der Waals surface area contributed by atoms with Gasteiger partial charge in [-0.2, -0.15) is 0 Å². The Bertz CT molecular complexity index is 1010. The number of benzene rings is 2. The Morgan fingerprint density at radius 1 is 0.875 bits per heavy atom. The van der Waals surface area contributed by atoms with Crippen molar-refractivity contribution in [3.05, 3.63) is 65.7 Å². The molecule has 0 fully saturated rings. The van der Waals surface area contributed by atoms with Crippen LogP contribution in [0.15, 0.2) is 48.5 Å². The van der Waals surface area contributed by atoms with Gasteiger partial charge in [0.15, 0.2) is 0 Å². The normalized spacial score (nSPS) is 13.7. The molecule has 1 N–H and O–H groups in total. The van der Waals surface area contributed by atoms with E-state index in [1.165, 1.54) is 38.5 Å². The fourth-order valence-electron chi connectivity index (χ4n) is 4.66. The van der Waals surface area contributed by atoms with Gasteiger partial charge in [-0.05, 0) is 55.0 Å². The Morgan fingerprint density at radius 3 is 1.98 bits per heavy atom. The SMILES string of the molecule is CCCCCCCC(CCCCCCC)COC(=O)[C@H](Cc1cc(F)cc(F)c1)NP(=O)(Cl)Oc1ccccc1. The third-order valence-corrected chi connectivity index (χ3v) is 8.38. The smallest absolute Gasteiger partial charge is 0.409 e. The van der Waals surface area contributed by atoms with Crippen molar-refractivity contribution in [2.24, 2.45) is 5.92 Å². The second-order valence-electron chi connectivity index (χ2n) is 10.4. The van der Waals surface area contributed by atoms with Crippen molar-refractivity contribution in [3.63, 3.8) is 0 Å². The van der Waals surface area contributed by atoms with Crippen molar-refractivity contribution in [1.29, 1.82) is 0 Å². The number of carbonyl (C=O) groups excluding carboxylic acids is 1. The van der Waals surface area contributed by atoms with E-state index in [9.17, 15) is 18.1 Å². The maximum absolute atomic E-state index is 13.9. The number of hydrogen-bond acceptors (Lipinski definition) is 4. The van der Waals surface area contributed by atoms with E-state index in [1.807, 2.05) is 0 Å². The molecule has 2 aromatic carbocycles. The summed E-state index contributed by atoms with van der Waals surface area (Å²) < 4.78 is 52.0. The number of unbranched alkanes of at least 4 members (excludes halogenated alkanes) is 8. The largest absolute Gasteiger partial charge is 0.464 e. The Labute approximate surface area is 243 Å². The van der Waals surface area contributed by atoms with Crippen LogP contribution in [0, 0.1) is 17.6 Å². The molecule has 2 rings (SSSR count). The third-order valence-electron chi connectivity index (χ3n) is 6.82. The first-order valence-corrected chi connectivity index (χ1v) is 17.2. The number of hydrogen-bond donors (Lipinski definition) is 1. The van der Waals surface area contributed by atoms with E-state index in [4.69, 9.17) is 20.5 Å². The van der Waals surface area contributed by atoms with Crippen molar-refractivity contribution >= 4 is 24.1 Å². The molecule has 224 valence electrons. The average Bonchev–Trinajstić information content (AvgIpc) is 2.90. The Morgan fingerprint density at radius 2 is 1.43 bits per heavy atom. The van der Waals surface area contributed by atoms with Gasteiger partial charge in [-0.1, -0.05) is 96.3 Å². The molecule has 0 aromatic heterocycles. The number of ether oxygens (including phenoxy) is 1. The van der Waals surface area contributed by atoms with Crippen molar-refractivity contribution in [2.75, 3.05) is 6.61 Å². The Hall–Kier alpha value is -1.95. The summed E-state index contributed by atoms with van der Waals surface area (Å²) in [7, 11) is 0. The molecule has 1 unspecified atom stereocenters. The highest BCUT2D eigenvalue weighted by Crippen LogP contribution is 2.48. The number of rotatable bonds is 21. The van der Waals surface area contributed by atoms with Gasteiger partial charge in [0.05, 0.1) is 6.61 Å². The molecule has 2 atom stereocenters. The predicted octanol–water partition coefficient (Wildman–Crippen LogP) is 9.77. The highest BCUT2D eigenvalue weighted by Gasteiger charge is 2.32. The van der Waals surface area contributed by atoms with E-state index in [1.54, 1.807) is 30.3 Å². The number of carbonyl (C=O) groups is 1. The summed E-state index contributed by atoms with van der Waals surface area (Å²) in [6.45, 7) is 0.542. The highest BCUT2D eigenvalue weighted by molar-refractivity contribution is 7.84. The lowest BCUT2D eigenvalue weighted by atomic mass is 9.95. The molecule has 0 aliphatic carbocycles. The Kier molecular flexibility index (Phi) is 16.5. The van der Waals surface area contributed by atoms with Gasteiger partial charge in [-0.15, -0.1) is 0 Å². The summed E-state index contributed by atoms with van der Waals surface area (Å²) >= 11 is 6.19. The molecule has 0 aliphatic rings. The number of para-hydroxylation sites is 1. The van der Waals surface area contributed by atoms with Crippen LogP contribution in [0.3, 0.4) is 0 Å². The number of halogens is 3. The molecule has 40 heavy (non-hydrogen) atoms. The molecular formula is C31H45ClF2NO4P. The van der Waals surface area contributed by atoms with Gasteiger partial charge in [0.2, 0.25) is 0 Å². The molecule has 5 nitrogen and oxygen atoms in total. The Balaban J connectivity index is 2.09. The highest BCUT2D eigenvalue weighted by atomic mass is 35.7. The van der Waals surface area contributed by atoms with Crippen molar-refractivity contribution in [3.8, 4) is 5.75 Å². The van der Waals surface area contributed by atoms with Gasteiger partial charge in [0.25, 0.3) is 0 Å². The summed E-state index contributed by atoms with van der Waals surface area (Å²) in [6.07, 6.45) is 13.4. The minimum Gasteiger partial charge on any atom is -0.464 e. The summed E-state index contributed by atoms with van der Waals surface area (Å²) in [5.41, 5.74) is 0.201. The summed E-state index contributed by atoms with van der Waals surface area (Å²) in [4.78, 5) is 13.3. The van der Waals surface area contributed by atoms with Crippen LogP contribution in [0.1, 0.15) is 96.5 Å². The van der Waals surface area contributed by atoms with Crippen LogP contribution < -0.4 is 9.61 Å². The molecule has 0 spiro atoms. The van der Waals surface area contributed by atoms with E-state index in [-0.39, 0.29) is 30.3 Å². The van der Waals surface area contributed by atoms with E-state index in [0.29, 0.717) is 0 Å². The lowest BCUT2D eigenvalue weighted by Gasteiger charge is -2.23. The lowest BCUT2D eigenvalue weighted by molar-refractivity contribution is -0.147. The zero-order chi connectivity index (χ0) is 29.2. The van der Waals surface area contributed by atoms with Crippen LogP contribution in [0.2, 0.25) is 0 Å². The zero-order valence-electron chi connectivity index (χ0n) is 23.9. The van der Waals surface area contributed by atoms with Crippen LogP contribution in [-0.4, -0.2) is 18.6 Å². The molecular weight excluding hydrogens is 555 g/mol. The zero-order valence-corrected chi connectivity index (χ0v) is 25.5. The minimum atomic E-state index is -4.06. The van der Waals surface area contributed by atoms with Gasteiger partial charge in [-0.3, -0.25) is 4.79 Å². The van der Waals surface area contributed by atoms with Crippen LogP contribution in [0.5, 0.6) is 5.75 Å². The van der Waals surface area contributed by atoms with Crippen LogP contribution >= 0.6 is 18.1 Å². The molecule has 9 heteroatoms. The van der Waals surface area contributed by atoms with E-state index in [2.05, 4.69) is 18.9 Å². The molecule has 2 aromatic rings. The number of nitrogens with one attached hydrogen (secondary N) is 1. The van der Waals surface area contributed by atoms with Crippen LogP contribution in [-0.2, 0) is 20.5 Å². The molecule has 0 bridgehead atoms. The van der Waals surface area contributed by atoms with Gasteiger partial charge >= 0.3 is 12.8 Å². The van der Waals surface area contributed by atoms with Crippen molar-refractivity contribution < 1.29 is 27.4 Å². The topological polar surface area (TPSA) is 64.6 Å². The van der Waals surface area contributed by atoms with E-state index < -0.39 is 30.5 Å². The van der Waals surface area contributed by atoms with Crippen molar-refractivity contribution in [1.82, 2.24) is 5.09 Å². The number of esters is 1. The van der Waals surface area contributed by atoms with Crippen LogP contribution in [0.4, 0.5) is 8.78 Å². The monoisotopic (exact) mass is 599 g/mol. The fourth-order valence-corrected chi connectivity index (χ4v) is 6.27. The second kappa shape index (κ2) is 19.2. The molecule has 0 radical (unpaired) electrons. The first-order valence-electron chi connectivity index (χ1n) is 14.7. The lowest BCUT2D eigenvalue weighted by Crippen LogP contribution is -2.38. The van der Waals surface area contributed by atoms with Gasteiger partial charge < -0.3 is 9.26 Å². The summed E-state index contributed by atoms with van der Waals surface area (Å²) in [5, 5.41) is 2.56. The van der Waals surface area contributed by atoms with Crippen LogP contribution in [0.25, 0.3) is 0 Å². The minimum absolute atomic E-state index is 0.179. The van der Waals surface area contributed by atoms with Gasteiger partial charge in [0.1, 0.15) is 23.4 Å². The average molecular weight is 600 g/mol. The third kappa shape index (κ3) is 14.6. The first kappa shape index (κ1) is 34.3. The maximum atomic E-state index is 13.9. The molecule has 0 amide bonds.